The van der Waals surface area contributed by atoms with Crippen LogP contribution < -0.4 is 5.73 Å². The van der Waals surface area contributed by atoms with Crippen LogP contribution in [0, 0.1) is 0 Å². The summed E-state index contributed by atoms with van der Waals surface area (Å²) in [5.41, 5.74) is 9.99. The molecule has 2 nitrogen and oxygen atoms in total. The SMILES string of the molecule is CC(C)c1nc(N)sc1Cc1ccccc1C(C)(C)C. The molecule has 1 heterocycles. The summed E-state index contributed by atoms with van der Waals surface area (Å²) < 4.78 is 0. The van der Waals surface area contributed by atoms with E-state index in [1.54, 1.807) is 11.3 Å². The van der Waals surface area contributed by atoms with Gasteiger partial charge in [0.2, 0.25) is 0 Å². The second kappa shape index (κ2) is 5.57. The zero-order chi connectivity index (χ0) is 14.9. The zero-order valence-electron chi connectivity index (χ0n) is 13.0. The van der Waals surface area contributed by atoms with Crippen molar-refractivity contribution in [1.82, 2.24) is 4.98 Å². The summed E-state index contributed by atoms with van der Waals surface area (Å²) in [6.45, 7) is 11.1. The van der Waals surface area contributed by atoms with Crippen molar-refractivity contribution in [3.63, 3.8) is 0 Å². The van der Waals surface area contributed by atoms with Gasteiger partial charge in [-0.15, -0.1) is 11.3 Å². The molecule has 0 atom stereocenters. The fourth-order valence-electron chi connectivity index (χ4n) is 2.54. The molecule has 0 spiro atoms. The molecular weight excluding hydrogens is 264 g/mol. The van der Waals surface area contributed by atoms with E-state index < -0.39 is 0 Å². The summed E-state index contributed by atoms with van der Waals surface area (Å²) in [5.74, 6) is 0.417. The van der Waals surface area contributed by atoms with Gasteiger partial charge in [0, 0.05) is 11.3 Å². The molecule has 0 saturated carbocycles. The number of hydrogen-bond acceptors (Lipinski definition) is 3. The molecule has 0 saturated heterocycles. The molecule has 0 aliphatic carbocycles. The highest BCUT2D eigenvalue weighted by Crippen LogP contribution is 2.32. The molecule has 0 aliphatic heterocycles. The normalized spacial score (nSPS) is 12.1. The number of hydrogen-bond donors (Lipinski definition) is 1. The summed E-state index contributed by atoms with van der Waals surface area (Å²) in [4.78, 5) is 5.79. The molecule has 2 rings (SSSR count). The van der Waals surface area contributed by atoms with Crippen molar-refractivity contribution >= 4 is 16.5 Å². The first-order valence-electron chi connectivity index (χ1n) is 7.12. The van der Waals surface area contributed by atoms with E-state index in [1.165, 1.54) is 16.0 Å². The minimum Gasteiger partial charge on any atom is -0.375 e. The molecule has 0 bridgehead atoms. The molecule has 108 valence electrons. The number of aromatic nitrogens is 1. The fraction of sp³-hybridized carbons (Fsp3) is 0.471. The molecule has 0 fully saturated rings. The van der Waals surface area contributed by atoms with Gasteiger partial charge in [-0.2, -0.15) is 0 Å². The van der Waals surface area contributed by atoms with Crippen LogP contribution in [0.1, 0.15) is 62.2 Å². The Morgan fingerprint density at radius 3 is 2.45 bits per heavy atom. The van der Waals surface area contributed by atoms with Crippen LogP contribution in [0.3, 0.4) is 0 Å². The molecule has 1 aromatic heterocycles. The van der Waals surface area contributed by atoms with E-state index in [4.69, 9.17) is 5.73 Å². The van der Waals surface area contributed by atoms with Crippen LogP contribution in [0.5, 0.6) is 0 Å². The van der Waals surface area contributed by atoms with Gasteiger partial charge in [-0.25, -0.2) is 4.98 Å². The van der Waals surface area contributed by atoms with Crippen LogP contribution in [0.2, 0.25) is 0 Å². The number of anilines is 1. The third kappa shape index (κ3) is 3.21. The van der Waals surface area contributed by atoms with Crippen LogP contribution in [0.4, 0.5) is 5.13 Å². The average molecular weight is 288 g/mol. The lowest BCUT2D eigenvalue weighted by molar-refractivity contribution is 0.584. The summed E-state index contributed by atoms with van der Waals surface area (Å²) in [7, 11) is 0. The molecule has 1 aromatic carbocycles. The molecule has 0 unspecified atom stereocenters. The van der Waals surface area contributed by atoms with Crippen LogP contribution >= 0.6 is 11.3 Å². The first kappa shape index (κ1) is 15.0. The number of thiazole rings is 1. The van der Waals surface area contributed by atoms with E-state index in [2.05, 4.69) is 63.9 Å². The minimum absolute atomic E-state index is 0.158. The second-order valence-electron chi connectivity index (χ2n) is 6.60. The van der Waals surface area contributed by atoms with Gasteiger partial charge in [0.25, 0.3) is 0 Å². The lowest BCUT2D eigenvalue weighted by atomic mass is 9.82. The van der Waals surface area contributed by atoms with E-state index >= 15 is 0 Å². The van der Waals surface area contributed by atoms with E-state index in [0.29, 0.717) is 11.0 Å². The first-order valence-corrected chi connectivity index (χ1v) is 7.94. The van der Waals surface area contributed by atoms with Gasteiger partial charge >= 0.3 is 0 Å². The zero-order valence-corrected chi connectivity index (χ0v) is 13.8. The molecule has 0 radical (unpaired) electrons. The number of rotatable bonds is 3. The lowest BCUT2D eigenvalue weighted by Gasteiger charge is -2.23. The van der Waals surface area contributed by atoms with E-state index in [9.17, 15) is 0 Å². The Morgan fingerprint density at radius 2 is 1.85 bits per heavy atom. The highest BCUT2D eigenvalue weighted by Gasteiger charge is 2.20. The topological polar surface area (TPSA) is 38.9 Å². The van der Waals surface area contributed by atoms with Gasteiger partial charge in [-0.1, -0.05) is 58.9 Å². The third-order valence-electron chi connectivity index (χ3n) is 3.47. The Morgan fingerprint density at radius 1 is 1.20 bits per heavy atom. The number of nitrogens with two attached hydrogens (primary N) is 1. The van der Waals surface area contributed by atoms with Gasteiger partial charge in [0.15, 0.2) is 5.13 Å². The Hall–Kier alpha value is -1.35. The van der Waals surface area contributed by atoms with Gasteiger partial charge < -0.3 is 5.73 Å². The molecular formula is C17H24N2S. The molecule has 2 N–H and O–H groups in total. The largest absolute Gasteiger partial charge is 0.375 e. The van der Waals surface area contributed by atoms with Crippen molar-refractivity contribution in [2.75, 3.05) is 5.73 Å². The van der Waals surface area contributed by atoms with Crippen LogP contribution in [-0.4, -0.2) is 4.98 Å². The highest BCUT2D eigenvalue weighted by atomic mass is 32.1. The third-order valence-corrected chi connectivity index (χ3v) is 4.37. The van der Waals surface area contributed by atoms with E-state index in [0.717, 1.165) is 12.1 Å². The van der Waals surface area contributed by atoms with Crippen molar-refractivity contribution in [2.24, 2.45) is 0 Å². The minimum atomic E-state index is 0.158. The Kier molecular flexibility index (Phi) is 4.19. The first-order chi connectivity index (χ1) is 9.29. The maximum atomic E-state index is 5.90. The molecule has 0 amide bonds. The summed E-state index contributed by atoms with van der Waals surface area (Å²) >= 11 is 1.62. The van der Waals surface area contributed by atoms with Crippen LogP contribution in [-0.2, 0) is 11.8 Å². The van der Waals surface area contributed by atoms with E-state index in [-0.39, 0.29) is 5.41 Å². The Balaban J connectivity index is 2.41. The number of benzene rings is 1. The Labute approximate surface area is 126 Å². The lowest BCUT2D eigenvalue weighted by Crippen LogP contribution is -2.14. The Bertz CT molecular complexity index is 591. The van der Waals surface area contributed by atoms with Crippen LogP contribution in [0.25, 0.3) is 0 Å². The summed E-state index contributed by atoms with van der Waals surface area (Å²) in [5, 5.41) is 0.678. The quantitative estimate of drug-likeness (QED) is 0.886. The standard InChI is InChI=1S/C17H24N2S/c1-11(2)15-14(20-16(18)19-15)10-12-8-6-7-9-13(12)17(3,4)5/h6-9,11H,10H2,1-5H3,(H2,18,19). The summed E-state index contributed by atoms with van der Waals surface area (Å²) in [6, 6.07) is 8.69. The predicted octanol–water partition coefficient (Wildman–Crippen LogP) is 4.74. The van der Waals surface area contributed by atoms with Crippen molar-refractivity contribution < 1.29 is 0 Å². The van der Waals surface area contributed by atoms with Gasteiger partial charge in [-0.05, 0) is 22.5 Å². The van der Waals surface area contributed by atoms with Gasteiger partial charge in [0.05, 0.1) is 5.69 Å². The van der Waals surface area contributed by atoms with Gasteiger partial charge in [0.1, 0.15) is 0 Å². The fourth-order valence-corrected chi connectivity index (χ4v) is 3.55. The molecule has 3 heteroatoms. The second-order valence-corrected chi connectivity index (χ2v) is 7.71. The maximum absolute atomic E-state index is 5.90. The van der Waals surface area contributed by atoms with E-state index in [1.807, 2.05) is 0 Å². The monoisotopic (exact) mass is 288 g/mol. The van der Waals surface area contributed by atoms with Crippen molar-refractivity contribution in [1.29, 1.82) is 0 Å². The maximum Gasteiger partial charge on any atom is 0.180 e. The van der Waals surface area contributed by atoms with Crippen molar-refractivity contribution in [3.05, 3.63) is 46.0 Å². The average Bonchev–Trinajstić information content (AvgIpc) is 2.70. The van der Waals surface area contributed by atoms with Crippen molar-refractivity contribution in [3.8, 4) is 0 Å². The number of nitrogens with zero attached hydrogens (tertiary/aromatic N) is 1. The van der Waals surface area contributed by atoms with Crippen molar-refractivity contribution in [2.45, 2.75) is 52.4 Å². The molecule has 20 heavy (non-hydrogen) atoms. The summed E-state index contributed by atoms with van der Waals surface area (Å²) in [6.07, 6.45) is 0.926. The molecule has 2 aromatic rings. The van der Waals surface area contributed by atoms with Crippen LogP contribution in [0.15, 0.2) is 24.3 Å². The number of nitrogen functional groups attached to an aromatic ring is 1. The highest BCUT2D eigenvalue weighted by molar-refractivity contribution is 7.15. The molecule has 0 aliphatic rings. The van der Waals surface area contributed by atoms with Gasteiger partial charge in [-0.3, -0.25) is 0 Å². The smallest absolute Gasteiger partial charge is 0.180 e. The predicted molar refractivity (Wildman–Crippen MR) is 88.6 cm³/mol.